The minimum atomic E-state index is -0.132. The highest BCUT2D eigenvalue weighted by Gasteiger charge is 2.09. The molecule has 0 fully saturated rings. The van der Waals surface area contributed by atoms with Crippen LogP contribution in [-0.2, 0) is 11.3 Å². The molecule has 1 amide bonds. The van der Waals surface area contributed by atoms with Gasteiger partial charge in [0.15, 0.2) is 6.61 Å². The van der Waals surface area contributed by atoms with E-state index < -0.39 is 0 Å². The second kappa shape index (κ2) is 6.91. The average Bonchev–Trinajstić information content (AvgIpc) is 2.50. The van der Waals surface area contributed by atoms with Gasteiger partial charge in [0, 0.05) is 19.2 Å². The lowest BCUT2D eigenvalue weighted by Gasteiger charge is -2.14. The van der Waals surface area contributed by atoms with Gasteiger partial charge in [-0.2, -0.15) is 0 Å². The Hall–Kier alpha value is -2.07. The van der Waals surface area contributed by atoms with Crippen molar-refractivity contribution in [1.29, 1.82) is 0 Å². The number of hydrogen-bond acceptors (Lipinski definition) is 3. The molecule has 106 valence electrons. The SMILES string of the molecule is CCNCc1c(OCC(=O)NC)ccc2ccccc12. The van der Waals surface area contributed by atoms with Crippen LogP contribution in [0.2, 0.25) is 0 Å². The van der Waals surface area contributed by atoms with Gasteiger partial charge in [0.2, 0.25) is 0 Å². The van der Waals surface area contributed by atoms with E-state index in [2.05, 4.69) is 29.7 Å². The predicted octanol–water partition coefficient (Wildman–Crippen LogP) is 2.07. The lowest BCUT2D eigenvalue weighted by molar-refractivity contribution is -0.122. The third-order valence-electron chi connectivity index (χ3n) is 3.19. The normalized spacial score (nSPS) is 10.5. The smallest absolute Gasteiger partial charge is 0.257 e. The number of rotatable bonds is 6. The van der Waals surface area contributed by atoms with Crippen LogP contribution in [0.5, 0.6) is 5.75 Å². The standard InChI is InChI=1S/C16H20N2O2/c1-3-18-10-14-13-7-5-4-6-12(13)8-9-15(14)20-11-16(19)17-2/h4-9,18H,3,10-11H2,1-2H3,(H,17,19). The summed E-state index contributed by atoms with van der Waals surface area (Å²) in [5.41, 5.74) is 1.09. The number of amides is 1. The maximum absolute atomic E-state index is 11.3. The quantitative estimate of drug-likeness (QED) is 0.846. The van der Waals surface area contributed by atoms with Gasteiger partial charge in [-0.05, 0) is 23.4 Å². The topological polar surface area (TPSA) is 50.4 Å². The number of ether oxygens (including phenoxy) is 1. The van der Waals surface area contributed by atoms with Crippen LogP contribution < -0.4 is 15.4 Å². The minimum absolute atomic E-state index is 0.0357. The van der Waals surface area contributed by atoms with Crippen LogP contribution in [0.25, 0.3) is 10.8 Å². The van der Waals surface area contributed by atoms with Crippen molar-refractivity contribution in [3.8, 4) is 5.75 Å². The van der Waals surface area contributed by atoms with Gasteiger partial charge in [0.05, 0.1) is 0 Å². The second-order valence-electron chi connectivity index (χ2n) is 4.51. The van der Waals surface area contributed by atoms with E-state index in [0.717, 1.165) is 29.8 Å². The van der Waals surface area contributed by atoms with Crippen LogP contribution in [0.3, 0.4) is 0 Å². The number of carbonyl (C=O) groups excluding carboxylic acids is 1. The van der Waals surface area contributed by atoms with E-state index in [-0.39, 0.29) is 12.5 Å². The first-order valence-corrected chi connectivity index (χ1v) is 6.81. The van der Waals surface area contributed by atoms with Crippen molar-refractivity contribution in [3.63, 3.8) is 0 Å². The number of hydrogen-bond donors (Lipinski definition) is 2. The van der Waals surface area contributed by atoms with Crippen molar-refractivity contribution in [2.45, 2.75) is 13.5 Å². The van der Waals surface area contributed by atoms with Crippen molar-refractivity contribution in [3.05, 3.63) is 42.0 Å². The number of carbonyl (C=O) groups is 1. The Bertz CT molecular complexity index is 596. The Balaban J connectivity index is 2.34. The van der Waals surface area contributed by atoms with Crippen molar-refractivity contribution in [2.75, 3.05) is 20.2 Å². The maximum Gasteiger partial charge on any atom is 0.257 e. The first-order chi connectivity index (χ1) is 9.76. The summed E-state index contributed by atoms with van der Waals surface area (Å²) in [5.74, 6) is 0.626. The van der Waals surface area contributed by atoms with Gasteiger partial charge >= 0.3 is 0 Å². The van der Waals surface area contributed by atoms with Gasteiger partial charge in [-0.3, -0.25) is 4.79 Å². The predicted molar refractivity (Wildman–Crippen MR) is 80.9 cm³/mol. The second-order valence-corrected chi connectivity index (χ2v) is 4.51. The summed E-state index contributed by atoms with van der Waals surface area (Å²) in [6.07, 6.45) is 0. The summed E-state index contributed by atoms with van der Waals surface area (Å²) >= 11 is 0. The molecule has 2 N–H and O–H groups in total. The first kappa shape index (κ1) is 14.3. The lowest BCUT2D eigenvalue weighted by Crippen LogP contribution is -2.25. The molecule has 0 unspecified atom stereocenters. The van der Waals surface area contributed by atoms with Gasteiger partial charge in [-0.15, -0.1) is 0 Å². The Morgan fingerprint density at radius 2 is 2.00 bits per heavy atom. The highest BCUT2D eigenvalue weighted by atomic mass is 16.5. The third kappa shape index (κ3) is 3.27. The van der Waals surface area contributed by atoms with Crippen LogP contribution in [0, 0.1) is 0 Å². The lowest BCUT2D eigenvalue weighted by atomic mass is 10.0. The van der Waals surface area contributed by atoms with Crippen molar-refractivity contribution in [1.82, 2.24) is 10.6 Å². The molecule has 0 aliphatic heterocycles. The molecule has 2 aromatic rings. The molecule has 4 heteroatoms. The number of benzene rings is 2. The van der Waals surface area contributed by atoms with Gasteiger partial charge in [-0.25, -0.2) is 0 Å². The fraction of sp³-hybridized carbons (Fsp3) is 0.312. The molecule has 0 heterocycles. The zero-order valence-electron chi connectivity index (χ0n) is 11.9. The Labute approximate surface area is 119 Å². The van der Waals surface area contributed by atoms with Crippen molar-refractivity contribution < 1.29 is 9.53 Å². The molecule has 0 aliphatic carbocycles. The molecule has 2 aromatic carbocycles. The maximum atomic E-state index is 11.3. The zero-order valence-corrected chi connectivity index (χ0v) is 11.9. The molecule has 4 nitrogen and oxygen atoms in total. The van der Waals surface area contributed by atoms with E-state index in [1.807, 2.05) is 24.3 Å². The van der Waals surface area contributed by atoms with Crippen LogP contribution in [0.15, 0.2) is 36.4 Å². The molecule has 0 aromatic heterocycles. The molecule has 0 aliphatic rings. The van der Waals surface area contributed by atoms with Crippen LogP contribution in [-0.4, -0.2) is 26.1 Å². The van der Waals surface area contributed by atoms with E-state index in [1.165, 1.54) is 5.39 Å². The Kier molecular flexibility index (Phi) is 4.96. The fourth-order valence-electron chi connectivity index (χ4n) is 2.10. The molecule has 20 heavy (non-hydrogen) atoms. The van der Waals surface area contributed by atoms with Crippen molar-refractivity contribution >= 4 is 16.7 Å². The number of nitrogens with one attached hydrogen (secondary N) is 2. The number of fused-ring (bicyclic) bond motifs is 1. The summed E-state index contributed by atoms with van der Waals surface area (Å²) in [7, 11) is 1.60. The highest BCUT2D eigenvalue weighted by Crippen LogP contribution is 2.28. The first-order valence-electron chi connectivity index (χ1n) is 6.81. The average molecular weight is 272 g/mol. The molecule has 0 atom stereocenters. The van der Waals surface area contributed by atoms with E-state index >= 15 is 0 Å². The van der Waals surface area contributed by atoms with Crippen molar-refractivity contribution in [2.24, 2.45) is 0 Å². The van der Waals surface area contributed by atoms with Gasteiger partial charge in [-0.1, -0.05) is 37.3 Å². The monoisotopic (exact) mass is 272 g/mol. The van der Waals surface area contributed by atoms with Crippen LogP contribution in [0.4, 0.5) is 0 Å². The summed E-state index contributed by atoms with van der Waals surface area (Å²) in [4.78, 5) is 11.3. The van der Waals surface area contributed by atoms with E-state index in [0.29, 0.717) is 0 Å². The Morgan fingerprint density at radius 1 is 1.20 bits per heavy atom. The molecule has 2 rings (SSSR count). The van der Waals surface area contributed by atoms with Crippen LogP contribution in [0.1, 0.15) is 12.5 Å². The summed E-state index contributed by atoms with van der Waals surface area (Å²) in [6.45, 7) is 3.71. The summed E-state index contributed by atoms with van der Waals surface area (Å²) in [6, 6.07) is 12.1. The van der Waals surface area contributed by atoms with Crippen LogP contribution >= 0.6 is 0 Å². The molecule has 0 saturated heterocycles. The van der Waals surface area contributed by atoms with Gasteiger partial charge < -0.3 is 15.4 Å². The molecule has 0 saturated carbocycles. The largest absolute Gasteiger partial charge is 0.483 e. The fourth-order valence-corrected chi connectivity index (χ4v) is 2.10. The third-order valence-corrected chi connectivity index (χ3v) is 3.19. The number of likely N-dealkylation sites (N-methyl/N-ethyl adjacent to an activating group) is 1. The molecule has 0 bridgehead atoms. The van der Waals surface area contributed by atoms with Gasteiger partial charge in [0.1, 0.15) is 5.75 Å². The van der Waals surface area contributed by atoms with E-state index in [9.17, 15) is 4.79 Å². The van der Waals surface area contributed by atoms with E-state index in [4.69, 9.17) is 4.74 Å². The minimum Gasteiger partial charge on any atom is -0.483 e. The summed E-state index contributed by atoms with van der Waals surface area (Å²) < 4.78 is 5.64. The summed E-state index contributed by atoms with van der Waals surface area (Å²) in [5, 5.41) is 8.20. The molecular formula is C16H20N2O2. The van der Waals surface area contributed by atoms with E-state index in [1.54, 1.807) is 7.05 Å². The highest BCUT2D eigenvalue weighted by molar-refractivity contribution is 5.88. The molecule has 0 radical (unpaired) electrons. The Morgan fingerprint density at radius 3 is 2.75 bits per heavy atom. The zero-order chi connectivity index (χ0) is 14.4. The van der Waals surface area contributed by atoms with Gasteiger partial charge in [0.25, 0.3) is 5.91 Å². The molecular weight excluding hydrogens is 252 g/mol. The molecule has 0 spiro atoms.